The molecule has 0 spiro atoms. The van der Waals surface area contributed by atoms with E-state index in [2.05, 4.69) is 16.0 Å². The molecule has 10 N–H and O–H groups in total. The molecule has 0 aliphatic rings. The van der Waals surface area contributed by atoms with Gasteiger partial charge in [-0.3, -0.25) is 14.4 Å². The third kappa shape index (κ3) is 11.5. The van der Waals surface area contributed by atoms with Gasteiger partial charge in [0.25, 0.3) is 0 Å². The highest BCUT2D eigenvalue weighted by Gasteiger charge is 2.23. The van der Waals surface area contributed by atoms with E-state index >= 15 is 0 Å². The summed E-state index contributed by atoms with van der Waals surface area (Å²) in [5, 5.41) is 16.3. The standard InChI is InChI=1S/C17H34N6O5/c1-11(15(25)23-13(17(27)28)7-3-5-9-19)22-14(24)10-21-16(26)12(20)6-2-4-8-18/h11-13H,2-10,18-20H2,1H3,(H,21,26)(H,22,24)(H,23,25)(H,27,28)/t11-,12-,13-/m0/s1. The van der Waals surface area contributed by atoms with E-state index in [9.17, 15) is 19.2 Å². The lowest BCUT2D eigenvalue weighted by molar-refractivity contribution is -0.142. The Balaban J connectivity index is 4.31. The Kier molecular flexibility index (Phi) is 13.6. The maximum atomic E-state index is 12.1. The number of unbranched alkanes of at least 4 members (excludes halogenated alkanes) is 2. The number of hydrogen-bond acceptors (Lipinski definition) is 7. The van der Waals surface area contributed by atoms with Gasteiger partial charge in [0, 0.05) is 0 Å². The Morgan fingerprint density at radius 2 is 1.46 bits per heavy atom. The Bertz CT molecular complexity index is 516. The molecular formula is C17H34N6O5. The van der Waals surface area contributed by atoms with E-state index in [-0.39, 0.29) is 13.0 Å². The second-order valence-corrected chi connectivity index (χ2v) is 6.58. The fraction of sp³-hybridized carbons (Fsp3) is 0.765. The maximum absolute atomic E-state index is 12.1. The number of aliphatic carboxylic acids is 1. The first kappa shape index (κ1) is 25.8. The van der Waals surface area contributed by atoms with E-state index in [0.29, 0.717) is 38.8 Å². The van der Waals surface area contributed by atoms with Crippen molar-refractivity contribution in [3.63, 3.8) is 0 Å². The van der Waals surface area contributed by atoms with E-state index in [4.69, 9.17) is 22.3 Å². The van der Waals surface area contributed by atoms with Gasteiger partial charge in [0.15, 0.2) is 0 Å². The number of nitrogens with two attached hydrogens (primary N) is 3. The Morgan fingerprint density at radius 1 is 0.893 bits per heavy atom. The molecule has 0 saturated carbocycles. The molecule has 28 heavy (non-hydrogen) atoms. The van der Waals surface area contributed by atoms with Crippen molar-refractivity contribution < 1.29 is 24.3 Å². The molecule has 3 amide bonds. The van der Waals surface area contributed by atoms with E-state index in [1.807, 2.05) is 0 Å². The van der Waals surface area contributed by atoms with Gasteiger partial charge < -0.3 is 38.3 Å². The van der Waals surface area contributed by atoms with Gasteiger partial charge in [0.05, 0.1) is 12.6 Å². The second-order valence-electron chi connectivity index (χ2n) is 6.58. The van der Waals surface area contributed by atoms with Crippen molar-refractivity contribution in [1.82, 2.24) is 16.0 Å². The van der Waals surface area contributed by atoms with Gasteiger partial charge in [0.2, 0.25) is 17.7 Å². The number of hydrogen-bond donors (Lipinski definition) is 7. The van der Waals surface area contributed by atoms with Crippen LogP contribution in [0, 0.1) is 0 Å². The van der Waals surface area contributed by atoms with Crippen molar-refractivity contribution in [2.24, 2.45) is 17.2 Å². The molecule has 0 bridgehead atoms. The topological polar surface area (TPSA) is 203 Å². The number of carboxylic acids is 1. The molecule has 0 aliphatic carbocycles. The summed E-state index contributed by atoms with van der Waals surface area (Å²) in [6, 6.07) is -2.74. The zero-order chi connectivity index (χ0) is 21.5. The molecule has 0 aliphatic heterocycles. The van der Waals surface area contributed by atoms with Crippen LogP contribution in [0.15, 0.2) is 0 Å². The number of nitrogens with one attached hydrogen (secondary N) is 3. The van der Waals surface area contributed by atoms with Crippen molar-refractivity contribution in [1.29, 1.82) is 0 Å². The zero-order valence-electron chi connectivity index (χ0n) is 16.4. The second kappa shape index (κ2) is 14.8. The molecule has 0 saturated heterocycles. The van der Waals surface area contributed by atoms with Crippen LogP contribution in [-0.2, 0) is 19.2 Å². The van der Waals surface area contributed by atoms with Gasteiger partial charge in [-0.25, -0.2) is 4.79 Å². The van der Waals surface area contributed by atoms with Gasteiger partial charge >= 0.3 is 5.97 Å². The van der Waals surface area contributed by atoms with Gasteiger partial charge in [0.1, 0.15) is 12.1 Å². The Morgan fingerprint density at radius 3 is 2.00 bits per heavy atom. The Labute approximate surface area is 165 Å². The monoisotopic (exact) mass is 402 g/mol. The lowest BCUT2D eigenvalue weighted by Crippen LogP contribution is -2.52. The molecule has 0 aromatic rings. The van der Waals surface area contributed by atoms with E-state index < -0.39 is 41.8 Å². The summed E-state index contributed by atoms with van der Waals surface area (Å²) in [6.45, 7) is 2.05. The highest BCUT2D eigenvalue weighted by Crippen LogP contribution is 2.01. The Hall–Kier alpha value is -2.24. The maximum Gasteiger partial charge on any atom is 0.326 e. The minimum Gasteiger partial charge on any atom is -0.480 e. The number of amides is 3. The summed E-state index contributed by atoms with van der Waals surface area (Å²) in [5.74, 6) is -2.83. The van der Waals surface area contributed by atoms with Crippen molar-refractivity contribution in [2.45, 2.75) is 63.6 Å². The summed E-state index contributed by atoms with van der Waals surface area (Å²) in [7, 11) is 0. The SMILES string of the molecule is C[C@H](NC(=O)CNC(=O)[C@@H](N)CCCCN)C(=O)N[C@@H](CCCCN)C(=O)O. The predicted octanol–water partition coefficient (Wildman–Crippen LogP) is -2.24. The average molecular weight is 402 g/mol. The van der Waals surface area contributed by atoms with Crippen LogP contribution in [-0.4, -0.2) is 66.6 Å². The summed E-state index contributed by atoms with van der Waals surface area (Å²) < 4.78 is 0. The van der Waals surface area contributed by atoms with Crippen LogP contribution >= 0.6 is 0 Å². The highest BCUT2D eigenvalue weighted by molar-refractivity contribution is 5.92. The molecule has 0 rings (SSSR count). The van der Waals surface area contributed by atoms with Gasteiger partial charge in [-0.1, -0.05) is 6.42 Å². The van der Waals surface area contributed by atoms with Crippen LogP contribution in [0.1, 0.15) is 45.4 Å². The minimum atomic E-state index is -1.15. The number of carbonyl (C=O) groups is 4. The lowest BCUT2D eigenvalue weighted by Gasteiger charge is -2.19. The number of carbonyl (C=O) groups excluding carboxylic acids is 3. The first-order valence-corrected chi connectivity index (χ1v) is 9.48. The van der Waals surface area contributed by atoms with Crippen LogP contribution in [0.4, 0.5) is 0 Å². The molecule has 11 heteroatoms. The highest BCUT2D eigenvalue weighted by atomic mass is 16.4. The van der Waals surface area contributed by atoms with Crippen molar-refractivity contribution in [3.8, 4) is 0 Å². The minimum absolute atomic E-state index is 0.247. The molecule has 162 valence electrons. The van der Waals surface area contributed by atoms with Crippen LogP contribution in [0.2, 0.25) is 0 Å². The van der Waals surface area contributed by atoms with Crippen molar-refractivity contribution in [2.75, 3.05) is 19.6 Å². The molecule has 0 aromatic carbocycles. The van der Waals surface area contributed by atoms with E-state index in [1.54, 1.807) is 0 Å². The summed E-state index contributed by atoms with van der Waals surface area (Å²) in [4.78, 5) is 47.0. The third-order valence-corrected chi connectivity index (χ3v) is 4.06. The molecular weight excluding hydrogens is 368 g/mol. The molecule has 0 heterocycles. The third-order valence-electron chi connectivity index (χ3n) is 4.06. The smallest absolute Gasteiger partial charge is 0.326 e. The van der Waals surface area contributed by atoms with Crippen LogP contribution in [0.3, 0.4) is 0 Å². The number of carboxylic acid groups (broad SMARTS) is 1. The largest absolute Gasteiger partial charge is 0.480 e. The predicted molar refractivity (Wildman–Crippen MR) is 104 cm³/mol. The van der Waals surface area contributed by atoms with Gasteiger partial charge in [-0.05, 0) is 52.1 Å². The lowest BCUT2D eigenvalue weighted by atomic mass is 10.1. The molecule has 0 aromatic heterocycles. The number of rotatable bonds is 15. The summed E-state index contributed by atoms with van der Waals surface area (Å²) >= 11 is 0. The summed E-state index contributed by atoms with van der Waals surface area (Å²) in [6.07, 6.45) is 3.40. The molecule has 0 fully saturated rings. The molecule has 11 nitrogen and oxygen atoms in total. The molecule has 3 atom stereocenters. The molecule has 0 unspecified atom stereocenters. The fourth-order valence-corrected chi connectivity index (χ4v) is 2.34. The quantitative estimate of drug-likeness (QED) is 0.149. The van der Waals surface area contributed by atoms with Crippen molar-refractivity contribution >= 4 is 23.7 Å². The first-order chi connectivity index (χ1) is 13.2. The van der Waals surface area contributed by atoms with Crippen LogP contribution in [0.25, 0.3) is 0 Å². The van der Waals surface area contributed by atoms with Gasteiger partial charge in [-0.15, -0.1) is 0 Å². The first-order valence-electron chi connectivity index (χ1n) is 9.48. The molecule has 0 radical (unpaired) electrons. The zero-order valence-corrected chi connectivity index (χ0v) is 16.4. The van der Waals surface area contributed by atoms with Crippen LogP contribution in [0.5, 0.6) is 0 Å². The fourth-order valence-electron chi connectivity index (χ4n) is 2.34. The normalized spacial score (nSPS) is 13.9. The van der Waals surface area contributed by atoms with Crippen LogP contribution < -0.4 is 33.2 Å². The average Bonchev–Trinajstić information content (AvgIpc) is 2.65. The van der Waals surface area contributed by atoms with Gasteiger partial charge in [-0.2, -0.15) is 0 Å². The van der Waals surface area contributed by atoms with E-state index in [1.165, 1.54) is 6.92 Å². The van der Waals surface area contributed by atoms with E-state index in [0.717, 1.165) is 6.42 Å². The summed E-state index contributed by atoms with van der Waals surface area (Å²) in [5.41, 5.74) is 16.5. The van der Waals surface area contributed by atoms with Crippen molar-refractivity contribution in [3.05, 3.63) is 0 Å².